The Morgan fingerprint density at radius 1 is 1.04 bits per heavy atom. The molecule has 0 spiro atoms. The fourth-order valence-electron chi connectivity index (χ4n) is 2.73. The van der Waals surface area contributed by atoms with Gasteiger partial charge in [-0.15, -0.1) is 0 Å². The maximum atomic E-state index is 8.77. The van der Waals surface area contributed by atoms with Gasteiger partial charge in [0.1, 0.15) is 0 Å². The van der Waals surface area contributed by atoms with Crippen molar-refractivity contribution in [3.63, 3.8) is 0 Å². The van der Waals surface area contributed by atoms with Gasteiger partial charge in [0, 0.05) is 32.7 Å². The van der Waals surface area contributed by atoms with E-state index in [-0.39, 0.29) is 0 Å². The van der Waals surface area contributed by atoms with Gasteiger partial charge >= 0.3 is 8.80 Å². The molecule has 0 saturated carbocycles. The average Bonchev–Trinajstić information content (AvgIpc) is 2.83. The summed E-state index contributed by atoms with van der Waals surface area (Å²) in [5.41, 5.74) is 0. The van der Waals surface area contributed by atoms with Crippen LogP contribution in [0.25, 0.3) is 0 Å². The van der Waals surface area contributed by atoms with Crippen molar-refractivity contribution < 1.29 is 37.0 Å². The highest BCUT2D eigenvalue weighted by Gasteiger charge is 2.43. The number of nitrogens with zero attached hydrogens (tertiary/aromatic N) is 1. The summed E-state index contributed by atoms with van der Waals surface area (Å²) in [6.07, 6.45) is 2.70. The van der Waals surface area contributed by atoms with Crippen LogP contribution in [-0.2, 0) is 17.8 Å². The van der Waals surface area contributed by atoms with Gasteiger partial charge in [-0.1, -0.05) is 0 Å². The first-order valence-electron chi connectivity index (χ1n) is 8.11. The van der Waals surface area contributed by atoms with Crippen molar-refractivity contribution in [1.29, 1.82) is 0 Å². The van der Waals surface area contributed by atoms with Gasteiger partial charge in [-0.3, -0.25) is 4.57 Å². The maximum Gasteiger partial charge on any atom is 0.506 e. The van der Waals surface area contributed by atoms with Crippen LogP contribution in [0.5, 0.6) is 0 Å². The van der Waals surface area contributed by atoms with Crippen LogP contribution in [0.4, 0.5) is 0 Å². The molecule has 1 fully saturated rings. The first kappa shape index (κ1) is 23.2. The fourth-order valence-corrected chi connectivity index (χ4v) is 5.55. The van der Waals surface area contributed by atoms with E-state index in [0.717, 1.165) is 17.1 Å². The van der Waals surface area contributed by atoms with Gasteiger partial charge in [-0.05, 0) is 20.8 Å². The molecule has 0 atom stereocenters. The minimum atomic E-state index is -4.89. The van der Waals surface area contributed by atoms with E-state index >= 15 is 0 Å². The highest BCUT2D eigenvalue weighted by atomic mass is 31.2. The third-order valence-electron chi connectivity index (χ3n) is 3.70. The van der Waals surface area contributed by atoms with E-state index in [1.54, 1.807) is 0 Å². The van der Waals surface area contributed by atoms with Gasteiger partial charge in [0.25, 0.3) is 7.82 Å². The number of rotatable bonds is 9. The molecule has 1 heterocycles. The monoisotopic (exact) mass is 373 g/mol. The number of hydrogen-bond donors (Lipinski definition) is 2. The van der Waals surface area contributed by atoms with E-state index in [1.165, 1.54) is 25.9 Å². The van der Waals surface area contributed by atoms with Gasteiger partial charge in [-0.2, -0.15) is 0 Å². The number of hydrogen-bond acceptors (Lipinski definition) is 5. The van der Waals surface area contributed by atoms with Crippen LogP contribution >= 0.6 is 7.82 Å². The van der Waals surface area contributed by atoms with Crippen molar-refractivity contribution >= 4 is 16.6 Å². The number of likely N-dealkylation sites (tertiary alicyclic amines) is 1. The topological polar surface area (TPSA) is 108 Å². The Bertz CT molecular complexity index is 335. The summed E-state index contributed by atoms with van der Waals surface area (Å²) in [7, 11) is -4.97. The van der Waals surface area contributed by atoms with Crippen LogP contribution < -0.4 is 4.89 Å². The van der Waals surface area contributed by atoms with Crippen molar-refractivity contribution in [2.45, 2.75) is 39.7 Å². The van der Waals surface area contributed by atoms with Crippen molar-refractivity contribution in [1.82, 2.24) is 0 Å². The highest BCUT2D eigenvalue weighted by Crippen LogP contribution is 2.22. The second kappa shape index (κ2) is 10.9. The molecule has 0 aromatic heterocycles. The van der Waals surface area contributed by atoms with Crippen molar-refractivity contribution in [2.75, 3.05) is 46.5 Å². The van der Waals surface area contributed by atoms with E-state index in [1.807, 2.05) is 20.8 Å². The third-order valence-corrected chi connectivity index (χ3v) is 6.72. The second-order valence-electron chi connectivity index (χ2n) is 5.72. The average molecular weight is 373 g/mol. The summed E-state index contributed by atoms with van der Waals surface area (Å²) in [6, 6.07) is 0.943. The van der Waals surface area contributed by atoms with E-state index in [0.29, 0.717) is 19.8 Å². The molecule has 1 aliphatic rings. The van der Waals surface area contributed by atoms with E-state index in [2.05, 4.69) is 7.05 Å². The van der Waals surface area contributed by atoms with Crippen LogP contribution in [0.15, 0.2) is 0 Å². The second-order valence-corrected chi connectivity index (χ2v) is 9.43. The van der Waals surface area contributed by atoms with E-state index in [9.17, 15) is 0 Å². The third kappa shape index (κ3) is 11.4. The molecule has 0 unspecified atom stereocenters. The zero-order valence-electron chi connectivity index (χ0n) is 14.7. The molecule has 1 rings (SSSR count). The zero-order valence-corrected chi connectivity index (χ0v) is 16.6. The van der Waals surface area contributed by atoms with Gasteiger partial charge in [0.15, 0.2) is 0 Å². The molecule has 0 radical (unpaired) electrons. The van der Waals surface area contributed by atoms with Crippen LogP contribution in [0.1, 0.15) is 33.6 Å². The van der Waals surface area contributed by atoms with Gasteiger partial charge in [0.05, 0.1) is 32.7 Å². The molecule has 2 N–H and O–H groups in total. The Labute approximate surface area is 140 Å². The summed E-state index contributed by atoms with van der Waals surface area (Å²) >= 11 is 0. The summed E-state index contributed by atoms with van der Waals surface area (Å²) in [5.74, 6) is 0. The zero-order chi connectivity index (χ0) is 18.0. The summed E-state index contributed by atoms with van der Waals surface area (Å²) < 4.78 is 27.6. The minimum Gasteiger partial charge on any atom is -0.756 e. The normalized spacial score (nSPS) is 17.7. The molecule has 10 heteroatoms. The Kier molecular flexibility index (Phi) is 11.0. The fraction of sp³-hybridized carbons (Fsp3) is 1.00. The predicted molar refractivity (Wildman–Crippen MR) is 87.5 cm³/mol. The summed E-state index contributed by atoms with van der Waals surface area (Å²) in [4.78, 5) is 22.9. The number of phosphoric acid groups is 1. The largest absolute Gasteiger partial charge is 0.756 e. The standard InChI is InChI=1S/C13H30NO3Si.H3O4P/c1-5-15-18(16-6-2,17-7-3)13-12-14(4)10-8-9-11-14;1-5(2,3)4/h5-13H2,1-4H3;(H3,1,2,3,4)/q+1;/p-1. The van der Waals surface area contributed by atoms with Crippen molar-refractivity contribution in [2.24, 2.45) is 0 Å². The molecular formula is C13H32NO7PSi. The van der Waals surface area contributed by atoms with Crippen LogP contribution in [0, 0.1) is 0 Å². The molecule has 1 saturated heterocycles. The quantitative estimate of drug-likeness (QED) is 0.348. The highest BCUT2D eigenvalue weighted by molar-refractivity contribution is 7.43. The minimum absolute atomic E-state index is 0.677. The Balaban J connectivity index is 0.000000841. The molecule has 140 valence electrons. The van der Waals surface area contributed by atoms with Crippen LogP contribution in [0.3, 0.4) is 0 Å². The Morgan fingerprint density at radius 3 is 1.70 bits per heavy atom. The van der Waals surface area contributed by atoms with Crippen molar-refractivity contribution in [3.05, 3.63) is 0 Å². The molecule has 0 aromatic carbocycles. The first-order valence-corrected chi connectivity index (χ1v) is 11.6. The maximum absolute atomic E-state index is 8.77. The van der Waals surface area contributed by atoms with Crippen LogP contribution in [-0.4, -0.2) is 69.6 Å². The van der Waals surface area contributed by atoms with Gasteiger partial charge in [-0.25, -0.2) is 0 Å². The van der Waals surface area contributed by atoms with Gasteiger partial charge < -0.3 is 32.4 Å². The number of quaternary nitrogens is 1. The van der Waals surface area contributed by atoms with Crippen LogP contribution in [0.2, 0.25) is 6.04 Å². The Hall–Kier alpha value is 0.167. The lowest BCUT2D eigenvalue weighted by Crippen LogP contribution is -2.51. The van der Waals surface area contributed by atoms with E-state index in [4.69, 9.17) is 32.5 Å². The molecule has 0 aliphatic carbocycles. The SMILES string of the molecule is CCO[Si](CC[N+]1(C)CCCC1)(OCC)OCC.O=P([O-])(O)O. The Morgan fingerprint density at radius 2 is 1.39 bits per heavy atom. The summed E-state index contributed by atoms with van der Waals surface area (Å²) in [6.45, 7) is 11.8. The molecule has 1 aliphatic heterocycles. The van der Waals surface area contributed by atoms with E-state index < -0.39 is 16.6 Å². The lowest BCUT2D eigenvalue weighted by molar-refractivity contribution is -0.895. The summed E-state index contributed by atoms with van der Waals surface area (Å²) in [5, 5.41) is 0. The molecule has 0 aromatic rings. The molecule has 23 heavy (non-hydrogen) atoms. The lowest BCUT2D eigenvalue weighted by atomic mass is 10.4. The molecule has 8 nitrogen and oxygen atoms in total. The van der Waals surface area contributed by atoms with Gasteiger partial charge in [0.2, 0.25) is 0 Å². The molecular weight excluding hydrogens is 341 g/mol. The first-order chi connectivity index (χ1) is 10.6. The molecule has 0 amide bonds. The van der Waals surface area contributed by atoms with Crippen molar-refractivity contribution in [3.8, 4) is 0 Å². The lowest BCUT2D eigenvalue weighted by Gasteiger charge is -2.34. The molecule has 0 bridgehead atoms. The smallest absolute Gasteiger partial charge is 0.506 e. The predicted octanol–water partition coefficient (Wildman–Crippen LogP) is 0.715.